The quantitative estimate of drug-likeness (QED) is 0.853. The Labute approximate surface area is 127 Å². The highest BCUT2D eigenvalue weighted by molar-refractivity contribution is 5.36. The van der Waals surface area contributed by atoms with Gasteiger partial charge in [0.1, 0.15) is 5.75 Å². The molecule has 0 saturated carbocycles. The molecule has 1 aromatic heterocycles. The van der Waals surface area contributed by atoms with Crippen molar-refractivity contribution in [2.24, 2.45) is 0 Å². The first-order chi connectivity index (χ1) is 10.1. The molecule has 21 heavy (non-hydrogen) atoms. The van der Waals surface area contributed by atoms with Crippen LogP contribution >= 0.6 is 0 Å². The van der Waals surface area contributed by atoms with Crippen LogP contribution in [0.4, 0.5) is 0 Å². The van der Waals surface area contributed by atoms with Gasteiger partial charge in [0.05, 0.1) is 0 Å². The van der Waals surface area contributed by atoms with E-state index in [0.717, 1.165) is 24.4 Å². The Morgan fingerprint density at radius 3 is 2.71 bits per heavy atom. The molecule has 1 aromatic carbocycles. The van der Waals surface area contributed by atoms with Crippen molar-refractivity contribution in [1.29, 1.82) is 0 Å². The Morgan fingerprint density at radius 2 is 2.05 bits per heavy atom. The van der Waals surface area contributed by atoms with Gasteiger partial charge in [-0.15, -0.1) is 0 Å². The molecule has 0 bridgehead atoms. The van der Waals surface area contributed by atoms with Crippen LogP contribution in [0.25, 0.3) is 0 Å². The van der Waals surface area contributed by atoms with Crippen LogP contribution in [-0.2, 0) is 6.54 Å². The fraction of sp³-hybridized carbons (Fsp3) is 0.389. The number of hydrogen-bond acceptors (Lipinski definition) is 3. The van der Waals surface area contributed by atoms with Crippen LogP contribution in [0.1, 0.15) is 43.4 Å². The second kappa shape index (κ2) is 7.23. The topological polar surface area (TPSA) is 34.2 Å². The predicted molar refractivity (Wildman–Crippen MR) is 87.0 cm³/mol. The Hall–Kier alpha value is -1.87. The van der Waals surface area contributed by atoms with Crippen molar-refractivity contribution in [2.75, 3.05) is 6.54 Å². The molecule has 0 fully saturated rings. The number of aryl methyl sites for hydroxylation is 1. The van der Waals surface area contributed by atoms with Gasteiger partial charge in [-0.05, 0) is 48.7 Å². The molecular formula is C18H24N2O. The zero-order chi connectivity index (χ0) is 15.2. The van der Waals surface area contributed by atoms with Gasteiger partial charge >= 0.3 is 0 Å². The summed E-state index contributed by atoms with van der Waals surface area (Å²) in [6.45, 7) is 10.3. The van der Waals surface area contributed by atoms with Crippen molar-refractivity contribution in [3.8, 4) is 11.6 Å². The van der Waals surface area contributed by atoms with Crippen LogP contribution in [0, 0.1) is 6.92 Å². The summed E-state index contributed by atoms with van der Waals surface area (Å²) in [6.07, 6.45) is 1.87. The number of nitrogens with zero attached hydrogens (tertiary/aromatic N) is 1. The van der Waals surface area contributed by atoms with Gasteiger partial charge in [-0.1, -0.05) is 32.9 Å². The van der Waals surface area contributed by atoms with Gasteiger partial charge in [-0.25, -0.2) is 4.98 Å². The van der Waals surface area contributed by atoms with E-state index in [1.807, 2.05) is 25.3 Å². The maximum atomic E-state index is 5.93. The lowest BCUT2D eigenvalue weighted by Gasteiger charge is -2.11. The highest BCUT2D eigenvalue weighted by atomic mass is 16.5. The maximum absolute atomic E-state index is 5.93. The van der Waals surface area contributed by atoms with Gasteiger partial charge in [0.15, 0.2) is 0 Å². The normalized spacial score (nSPS) is 10.9. The summed E-state index contributed by atoms with van der Waals surface area (Å²) >= 11 is 0. The van der Waals surface area contributed by atoms with E-state index in [2.05, 4.69) is 49.3 Å². The summed E-state index contributed by atoms with van der Waals surface area (Å²) in [6, 6.07) is 10.3. The largest absolute Gasteiger partial charge is 0.439 e. The lowest BCUT2D eigenvalue weighted by atomic mass is 10.0. The van der Waals surface area contributed by atoms with E-state index >= 15 is 0 Å². The number of aromatic nitrogens is 1. The van der Waals surface area contributed by atoms with Crippen molar-refractivity contribution >= 4 is 0 Å². The first kappa shape index (κ1) is 15.5. The standard InChI is InChI=1S/C18H24N2O/c1-5-19-11-15-9-14(4)18(20-12-15)21-17-8-6-7-16(10-17)13(2)3/h6-10,12-13,19H,5,11H2,1-4H3. The fourth-order valence-corrected chi connectivity index (χ4v) is 2.14. The van der Waals surface area contributed by atoms with Crippen molar-refractivity contribution in [1.82, 2.24) is 10.3 Å². The second-order valence-electron chi connectivity index (χ2n) is 5.58. The van der Waals surface area contributed by atoms with Crippen molar-refractivity contribution < 1.29 is 4.74 Å². The van der Waals surface area contributed by atoms with Crippen molar-refractivity contribution in [2.45, 2.75) is 40.2 Å². The van der Waals surface area contributed by atoms with E-state index in [1.165, 1.54) is 11.1 Å². The highest BCUT2D eigenvalue weighted by Gasteiger charge is 2.06. The minimum Gasteiger partial charge on any atom is -0.439 e. The van der Waals surface area contributed by atoms with Crippen LogP contribution in [0.2, 0.25) is 0 Å². The molecule has 0 radical (unpaired) electrons. The predicted octanol–water partition coefficient (Wildman–Crippen LogP) is 4.42. The van der Waals surface area contributed by atoms with E-state index in [4.69, 9.17) is 4.74 Å². The number of ether oxygens (including phenoxy) is 1. The Morgan fingerprint density at radius 1 is 1.24 bits per heavy atom. The summed E-state index contributed by atoms with van der Waals surface area (Å²) < 4.78 is 5.93. The highest BCUT2D eigenvalue weighted by Crippen LogP contribution is 2.26. The SMILES string of the molecule is CCNCc1cnc(Oc2cccc(C(C)C)c2)c(C)c1. The van der Waals surface area contributed by atoms with Gasteiger partial charge in [0.25, 0.3) is 0 Å². The van der Waals surface area contributed by atoms with Gasteiger partial charge in [0.2, 0.25) is 5.88 Å². The van der Waals surface area contributed by atoms with Crippen LogP contribution in [0.5, 0.6) is 11.6 Å². The van der Waals surface area contributed by atoms with E-state index in [1.54, 1.807) is 0 Å². The van der Waals surface area contributed by atoms with Crippen molar-refractivity contribution in [3.63, 3.8) is 0 Å². The summed E-state index contributed by atoms with van der Waals surface area (Å²) in [5.74, 6) is 2.01. The molecule has 1 N–H and O–H groups in total. The molecule has 0 saturated heterocycles. The number of benzene rings is 1. The third-order valence-corrected chi connectivity index (χ3v) is 3.41. The first-order valence-electron chi connectivity index (χ1n) is 7.54. The molecule has 112 valence electrons. The number of rotatable bonds is 6. The monoisotopic (exact) mass is 284 g/mol. The lowest BCUT2D eigenvalue weighted by molar-refractivity contribution is 0.457. The molecule has 0 aliphatic carbocycles. The molecule has 3 nitrogen and oxygen atoms in total. The molecule has 2 aromatic rings. The first-order valence-corrected chi connectivity index (χ1v) is 7.54. The molecule has 3 heteroatoms. The van der Waals surface area contributed by atoms with Gasteiger partial charge in [0, 0.05) is 18.3 Å². The molecule has 0 aliphatic heterocycles. The minimum absolute atomic E-state index is 0.491. The average Bonchev–Trinajstić information content (AvgIpc) is 2.48. The Kier molecular flexibility index (Phi) is 5.34. The van der Waals surface area contributed by atoms with Gasteiger partial charge in [-0.3, -0.25) is 0 Å². The Balaban J connectivity index is 2.14. The molecule has 0 amide bonds. The van der Waals surface area contributed by atoms with Crippen LogP contribution in [-0.4, -0.2) is 11.5 Å². The third-order valence-electron chi connectivity index (χ3n) is 3.41. The summed E-state index contributed by atoms with van der Waals surface area (Å²) in [5, 5.41) is 3.30. The summed E-state index contributed by atoms with van der Waals surface area (Å²) in [4.78, 5) is 4.44. The Bertz CT molecular complexity index is 594. The van der Waals surface area contributed by atoms with Crippen LogP contribution in [0.3, 0.4) is 0 Å². The molecule has 0 aliphatic rings. The van der Waals surface area contributed by atoms with Gasteiger partial charge < -0.3 is 10.1 Å². The molecule has 0 atom stereocenters. The van der Waals surface area contributed by atoms with E-state index < -0.39 is 0 Å². The fourth-order valence-electron chi connectivity index (χ4n) is 2.14. The number of pyridine rings is 1. The van der Waals surface area contributed by atoms with Crippen LogP contribution in [0.15, 0.2) is 36.5 Å². The smallest absolute Gasteiger partial charge is 0.222 e. The average molecular weight is 284 g/mol. The number of hydrogen-bond donors (Lipinski definition) is 1. The summed E-state index contributed by atoms with van der Waals surface area (Å²) in [7, 11) is 0. The third kappa shape index (κ3) is 4.30. The van der Waals surface area contributed by atoms with Gasteiger partial charge in [-0.2, -0.15) is 0 Å². The van der Waals surface area contributed by atoms with Crippen LogP contribution < -0.4 is 10.1 Å². The van der Waals surface area contributed by atoms with E-state index in [9.17, 15) is 0 Å². The zero-order valence-corrected chi connectivity index (χ0v) is 13.3. The van der Waals surface area contributed by atoms with E-state index in [0.29, 0.717) is 11.8 Å². The zero-order valence-electron chi connectivity index (χ0n) is 13.3. The molecular weight excluding hydrogens is 260 g/mol. The minimum atomic E-state index is 0.491. The molecule has 0 spiro atoms. The molecule has 2 rings (SSSR count). The number of nitrogens with one attached hydrogen (secondary N) is 1. The van der Waals surface area contributed by atoms with E-state index in [-0.39, 0.29) is 0 Å². The second-order valence-corrected chi connectivity index (χ2v) is 5.58. The molecule has 0 unspecified atom stereocenters. The molecule has 1 heterocycles. The summed E-state index contributed by atoms with van der Waals surface area (Å²) in [5.41, 5.74) is 3.51. The maximum Gasteiger partial charge on any atom is 0.222 e. The lowest BCUT2D eigenvalue weighted by Crippen LogP contribution is -2.12. The van der Waals surface area contributed by atoms with Crippen molar-refractivity contribution in [3.05, 3.63) is 53.2 Å².